The number of nitriles is 1. The lowest BCUT2D eigenvalue weighted by Gasteiger charge is -2.38. The van der Waals surface area contributed by atoms with Crippen LogP contribution in [0.15, 0.2) is 12.1 Å². The first-order chi connectivity index (χ1) is 23.1. The summed E-state index contributed by atoms with van der Waals surface area (Å²) >= 11 is 7.91. The first kappa shape index (κ1) is 31.6. The SMILES string of the molecule is C[C@H]1CN2CCC[C@@]2(COc2nc3c4c(c(Cl)c(-c5ccc(F)c6sc(N)c(C#N)c56)c(F)c4n2)OC2CCOCC2N3CC(F)F)C1. The predicted octanol–water partition coefficient (Wildman–Crippen LogP) is 6.77. The molecule has 2 aromatic heterocycles. The standard InChI is InChI=1S/C33H31ClF4N6O3S/c1-15-9-33(6-2-7-43(33)11-15)14-46-32-41-27-24-28(47-20-5-8-45-13-19(20)44(12-21(36)37)31(24)42-32)25(34)23(26(27)38)16-3-4-18(35)29-22(16)17(10-39)30(40)48-29/h3-4,15,19-21H,2,5-9,11-14,40H2,1H3/t15-,19?,20?,33+/m1/s1. The number of alkyl halides is 2. The van der Waals surface area contributed by atoms with Gasteiger partial charge in [-0.3, -0.25) is 4.90 Å². The van der Waals surface area contributed by atoms with Gasteiger partial charge in [0.1, 0.15) is 40.9 Å². The molecule has 4 atom stereocenters. The predicted molar refractivity (Wildman–Crippen MR) is 174 cm³/mol. The summed E-state index contributed by atoms with van der Waals surface area (Å²) in [4.78, 5) is 13.0. The Morgan fingerprint density at radius 1 is 1.27 bits per heavy atom. The Labute approximate surface area is 282 Å². The molecule has 2 aromatic carbocycles. The quantitative estimate of drug-likeness (QED) is 0.218. The molecule has 0 bridgehead atoms. The number of hydrogen-bond donors (Lipinski definition) is 1. The number of thiophene rings is 1. The molecule has 8 rings (SSSR count). The number of anilines is 2. The minimum Gasteiger partial charge on any atom is -0.486 e. The average molecular weight is 703 g/mol. The van der Waals surface area contributed by atoms with Crippen LogP contribution in [0.1, 0.15) is 38.2 Å². The van der Waals surface area contributed by atoms with Crippen molar-refractivity contribution in [2.45, 2.75) is 56.7 Å². The van der Waals surface area contributed by atoms with E-state index in [1.807, 2.05) is 6.07 Å². The van der Waals surface area contributed by atoms with E-state index in [0.29, 0.717) is 18.9 Å². The topological polar surface area (TPSA) is 110 Å². The number of halogens is 5. The Kier molecular flexibility index (Phi) is 7.74. The van der Waals surface area contributed by atoms with Gasteiger partial charge in [0.05, 0.1) is 52.0 Å². The first-order valence-electron chi connectivity index (χ1n) is 15.9. The van der Waals surface area contributed by atoms with E-state index in [4.69, 9.17) is 31.5 Å². The van der Waals surface area contributed by atoms with Crippen molar-refractivity contribution < 1.29 is 31.8 Å². The highest BCUT2D eigenvalue weighted by Gasteiger charge is 2.48. The van der Waals surface area contributed by atoms with Crippen molar-refractivity contribution >= 4 is 54.7 Å². The maximum atomic E-state index is 17.2. The van der Waals surface area contributed by atoms with Crippen LogP contribution in [0.2, 0.25) is 5.02 Å². The summed E-state index contributed by atoms with van der Waals surface area (Å²) in [5.74, 6) is -1.08. The lowest BCUT2D eigenvalue weighted by Crippen LogP contribution is -2.53. The van der Waals surface area contributed by atoms with Crippen LogP contribution in [0, 0.1) is 28.9 Å². The summed E-state index contributed by atoms with van der Waals surface area (Å²) in [6.45, 7) is 3.98. The molecule has 15 heteroatoms. The normalized spacial score (nSPS) is 25.3. The van der Waals surface area contributed by atoms with Crippen LogP contribution in [0.4, 0.5) is 28.4 Å². The highest BCUT2D eigenvalue weighted by Crippen LogP contribution is 2.52. The maximum Gasteiger partial charge on any atom is 0.319 e. The van der Waals surface area contributed by atoms with Crippen LogP contribution in [0.3, 0.4) is 0 Å². The van der Waals surface area contributed by atoms with Gasteiger partial charge in [-0.1, -0.05) is 24.6 Å². The number of nitrogen functional groups attached to an aromatic ring is 1. The summed E-state index contributed by atoms with van der Waals surface area (Å²) < 4.78 is 79.2. The van der Waals surface area contributed by atoms with Crippen molar-refractivity contribution in [1.29, 1.82) is 5.26 Å². The van der Waals surface area contributed by atoms with Crippen LogP contribution in [0.25, 0.3) is 32.1 Å². The van der Waals surface area contributed by atoms with E-state index in [1.165, 1.54) is 11.0 Å². The van der Waals surface area contributed by atoms with Crippen LogP contribution in [-0.2, 0) is 4.74 Å². The fourth-order valence-electron chi connectivity index (χ4n) is 8.19. The molecular formula is C33H31ClF4N6O3S. The molecule has 48 heavy (non-hydrogen) atoms. The number of aromatic nitrogens is 2. The summed E-state index contributed by atoms with van der Waals surface area (Å²) in [5, 5.41) is 9.94. The molecule has 2 unspecified atom stereocenters. The van der Waals surface area contributed by atoms with E-state index in [1.54, 1.807) is 0 Å². The largest absolute Gasteiger partial charge is 0.486 e. The third kappa shape index (κ3) is 4.84. The summed E-state index contributed by atoms with van der Waals surface area (Å²) in [7, 11) is 0. The van der Waals surface area contributed by atoms with Crippen LogP contribution in [0.5, 0.6) is 11.8 Å². The molecule has 3 saturated heterocycles. The molecule has 6 heterocycles. The van der Waals surface area contributed by atoms with Gasteiger partial charge in [0.15, 0.2) is 11.6 Å². The minimum absolute atomic E-state index is 0.00189. The molecule has 3 fully saturated rings. The highest BCUT2D eigenvalue weighted by molar-refractivity contribution is 7.23. The third-order valence-electron chi connectivity index (χ3n) is 10.2. The Hall–Kier alpha value is -3.64. The summed E-state index contributed by atoms with van der Waals surface area (Å²) in [6, 6.07) is 3.62. The molecule has 0 spiro atoms. The molecule has 0 radical (unpaired) electrons. The van der Waals surface area contributed by atoms with Gasteiger partial charge < -0.3 is 24.8 Å². The van der Waals surface area contributed by atoms with Gasteiger partial charge in [-0.25, -0.2) is 17.6 Å². The van der Waals surface area contributed by atoms with E-state index >= 15 is 8.78 Å². The van der Waals surface area contributed by atoms with Crippen molar-refractivity contribution in [3.63, 3.8) is 0 Å². The zero-order valence-corrected chi connectivity index (χ0v) is 27.4. The van der Waals surface area contributed by atoms with Crippen molar-refractivity contribution in [2.24, 2.45) is 5.92 Å². The fraction of sp³-hybridized carbons (Fsp3) is 0.485. The van der Waals surface area contributed by atoms with Crippen molar-refractivity contribution in [1.82, 2.24) is 14.9 Å². The second kappa shape index (κ2) is 11.8. The molecule has 0 saturated carbocycles. The Balaban J connectivity index is 1.37. The van der Waals surface area contributed by atoms with Crippen LogP contribution >= 0.6 is 22.9 Å². The van der Waals surface area contributed by atoms with Gasteiger partial charge in [0, 0.05) is 23.9 Å². The van der Waals surface area contributed by atoms with E-state index in [9.17, 15) is 14.0 Å². The molecule has 0 aliphatic carbocycles. The van der Waals surface area contributed by atoms with E-state index in [2.05, 4.69) is 21.8 Å². The monoisotopic (exact) mass is 702 g/mol. The number of ether oxygens (including phenoxy) is 3. The molecule has 2 N–H and O–H groups in total. The molecular weight excluding hydrogens is 672 g/mol. The Morgan fingerprint density at radius 3 is 2.90 bits per heavy atom. The minimum atomic E-state index is -2.77. The number of nitrogens with two attached hydrogens (primary N) is 1. The van der Waals surface area contributed by atoms with E-state index < -0.39 is 36.8 Å². The molecule has 0 amide bonds. The number of hydrogen-bond acceptors (Lipinski definition) is 10. The average Bonchev–Trinajstić information content (AvgIpc) is 3.68. The first-order valence-corrected chi connectivity index (χ1v) is 17.1. The van der Waals surface area contributed by atoms with Gasteiger partial charge in [0.2, 0.25) is 0 Å². The summed E-state index contributed by atoms with van der Waals surface area (Å²) in [5.41, 5.74) is 5.51. The zero-order valence-electron chi connectivity index (χ0n) is 25.9. The van der Waals surface area contributed by atoms with E-state index in [-0.39, 0.29) is 84.0 Å². The van der Waals surface area contributed by atoms with Crippen LogP contribution < -0.4 is 20.1 Å². The third-order valence-corrected chi connectivity index (χ3v) is 11.5. The lowest BCUT2D eigenvalue weighted by molar-refractivity contribution is 0.00419. The molecule has 9 nitrogen and oxygen atoms in total. The second-order valence-corrected chi connectivity index (χ2v) is 14.6. The molecule has 4 aliphatic heterocycles. The van der Waals surface area contributed by atoms with Gasteiger partial charge in [-0.15, -0.1) is 11.3 Å². The molecule has 4 aromatic rings. The molecule has 4 aliphatic rings. The van der Waals surface area contributed by atoms with Gasteiger partial charge in [-0.05, 0) is 43.4 Å². The summed E-state index contributed by atoms with van der Waals surface area (Å²) in [6.07, 6.45) is -0.226. The molecule has 252 valence electrons. The van der Waals surface area contributed by atoms with Crippen LogP contribution in [-0.4, -0.2) is 78.4 Å². The lowest BCUT2D eigenvalue weighted by atomic mass is 9.92. The van der Waals surface area contributed by atoms with Gasteiger partial charge in [-0.2, -0.15) is 15.2 Å². The zero-order chi connectivity index (χ0) is 33.5. The number of rotatable bonds is 6. The Morgan fingerprint density at radius 2 is 2.10 bits per heavy atom. The fourth-order valence-corrected chi connectivity index (χ4v) is 9.47. The van der Waals surface area contributed by atoms with E-state index in [0.717, 1.165) is 49.8 Å². The van der Waals surface area contributed by atoms with Crippen molar-refractivity contribution in [3.05, 3.63) is 34.4 Å². The Bertz CT molecular complexity index is 2010. The van der Waals surface area contributed by atoms with Crippen molar-refractivity contribution in [2.75, 3.05) is 50.1 Å². The second-order valence-electron chi connectivity index (χ2n) is 13.1. The maximum absolute atomic E-state index is 17.2. The van der Waals surface area contributed by atoms with Crippen molar-refractivity contribution in [3.8, 4) is 29.0 Å². The van der Waals surface area contributed by atoms with Gasteiger partial charge in [0.25, 0.3) is 6.43 Å². The smallest absolute Gasteiger partial charge is 0.319 e. The number of nitrogens with zero attached hydrogens (tertiary/aromatic N) is 5. The highest BCUT2D eigenvalue weighted by atomic mass is 35.5. The number of benzene rings is 2. The number of fused-ring (bicyclic) bond motifs is 3. The van der Waals surface area contributed by atoms with Gasteiger partial charge >= 0.3 is 6.01 Å².